The zero-order valence-corrected chi connectivity index (χ0v) is 10.1. The first-order valence-electron chi connectivity index (χ1n) is 5.30. The standard InChI is InChI=1S/C13H16O4/c1-13(2,3)9-7-5-4-6-8(9)10(11(14)15)12(16)17/h4-7,10H,1-3H3,(H,14,15)(H,16,17). The molecule has 0 aromatic heterocycles. The lowest BCUT2D eigenvalue weighted by atomic mass is 9.80. The number of carboxylic acids is 2. The summed E-state index contributed by atoms with van der Waals surface area (Å²) in [6, 6.07) is 6.77. The van der Waals surface area contributed by atoms with Gasteiger partial charge in [-0.15, -0.1) is 0 Å². The molecule has 0 aliphatic carbocycles. The lowest BCUT2D eigenvalue weighted by Gasteiger charge is -2.24. The zero-order chi connectivity index (χ0) is 13.2. The van der Waals surface area contributed by atoms with Gasteiger partial charge in [-0.3, -0.25) is 9.59 Å². The van der Waals surface area contributed by atoms with Gasteiger partial charge in [0, 0.05) is 0 Å². The van der Waals surface area contributed by atoms with Crippen molar-refractivity contribution in [3.8, 4) is 0 Å². The molecule has 4 heteroatoms. The molecule has 0 heterocycles. The van der Waals surface area contributed by atoms with Gasteiger partial charge in [-0.25, -0.2) is 0 Å². The highest BCUT2D eigenvalue weighted by Gasteiger charge is 2.32. The van der Waals surface area contributed by atoms with Gasteiger partial charge >= 0.3 is 11.9 Å². The van der Waals surface area contributed by atoms with Gasteiger partial charge in [-0.2, -0.15) is 0 Å². The molecule has 17 heavy (non-hydrogen) atoms. The second kappa shape index (κ2) is 4.57. The molecule has 0 spiro atoms. The molecule has 0 fully saturated rings. The molecule has 0 amide bonds. The highest BCUT2D eigenvalue weighted by Crippen LogP contribution is 2.30. The first-order valence-corrected chi connectivity index (χ1v) is 5.30. The fourth-order valence-corrected chi connectivity index (χ4v) is 1.80. The molecule has 0 saturated heterocycles. The molecule has 0 aliphatic heterocycles. The fourth-order valence-electron chi connectivity index (χ4n) is 1.80. The number of aliphatic carboxylic acids is 2. The van der Waals surface area contributed by atoms with Crippen molar-refractivity contribution in [1.29, 1.82) is 0 Å². The monoisotopic (exact) mass is 236 g/mol. The molecule has 0 saturated carbocycles. The summed E-state index contributed by atoms with van der Waals surface area (Å²) in [6.07, 6.45) is 0. The summed E-state index contributed by atoms with van der Waals surface area (Å²) >= 11 is 0. The van der Waals surface area contributed by atoms with Crippen LogP contribution in [0.4, 0.5) is 0 Å². The topological polar surface area (TPSA) is 74.6 Å². The third-order valence-corrected chi connectivity index (χ3v) is 2.57. The van der Waals surface area contributed by atoms with Crippen molar-refractivity contribution in [1.82, 2.24) is 0 Å². The van der Waals surface area contributed by atoms with Gasteiger partial charge in [0.25, 0.3) is 0 Å². The smallest absolute Gasteiger partial charge is 0.322 e. The quantitative estimate of drug-likeness (QED) is 0.789. The summed E-state index contributed by atoms with van der Waals surface area (Å²) < 4.78 is 0. The van der Waals surface area contributed by atoms with E-state index < -0.39 is 17.9 Å². The Morgan fingerprint density at radius 3 is 1.94 bits per heavy atom. The Morgan fingerprint density at radius 1 is 1.06 bits per heavy atom. The maximum atomic E-state index is 11.0. The minimum absolute atomic E-state index is 0.292. The van der Waals surface area contributed by atoms with E-state index in [0.29, 0.717) is 5.56 Å². The van der Waals surface area contributed by atoms with Crippen LogP contribution in [-0.4, -0.2) is 22.2 Å². The van der Waals surface area contributed by atoms with Crippen molar-refractivity contribution in [3.63, 3.8) is 0 Å². The maximum absolute atomic E-state index is 11.0. The second-order valence-electron chi connectivity index (χ2n) is 4.95. The predicted octanol–water partition coefficient (Wildman–Crippen LogP) is 2.24. The van der Waals surface area contributed by atoms with Crippen LogP contribution < -0.4 is 0 Å². The molecular formula is C13H16O4. The van der Waals surface area contributed by atoms with E-state index >= 15 is 0 Å². The van der Waals surface area contributed by atoms with Crippen LogP contribution in [0, 0.1) is 0 Å². The van der Waals surface area contributed by atoms with Crippen molar-refractivity contribution in [3.05, 3.63) is 35.4 Å². The molecule has 0 atom stereocenters. The van der Waals surface area contributed by atoms with Crippen LogP contribution in [0.1, 0.15) is 37.8 Å². The Balaban J connectivity index is 3.39. The number of carboxylic acid groups (broad SMARTS) is 2. The molecule has 0 aliphatic rings. The van der Waals surface area contributed by atoms with E-state index in [0.717, 1.165) is 5.56 Å². The Bertz CT molecular complexity index is 429. The van der Waals surface area contributed by atoms with Crippen LogP contribution in [0.5, 0.6) is 0 Å². The first kappa shape index (κ1) is 13.2. The SMILES string of the molecule is CC(C)(C)c1ccccc1C(C(=O)O)C(=O)O. The molecule has 4 nitrogen and oxygen atoms in total. The third-order valence-electron chi connectivity index (χ3n) is 2.57. The zero-order valence-electron chi connectivity index (χ0n) is 10.1. The minimum atomic E-state index is -1.51. The van der Waals surface area contributed by atoms with Crippen LogP contribution >= 0.6 is 0 Å². The van der Waals surface area contributed by atoms with Gasteiger partial charge < -0.3 is 10.2 Å². The first-order chi connectivity index (χ1) is 7.75. The molecule has 92 valence electrons. The summed E-state index contributed by atoms with van der Waals surface area (Å²) in [5, 5.41) is 18.0. The largest absolute Gasteiger partial charge is 0.480 e. The van der Waals surface area contributed by atoms with E-state index in [2.05, 4.69) is 0 Å². The Kier molecular flexibility index (Phi) is 3.56. The summed E-state index contributed by atoms with van der Waals surface area (Å²) in [5.74, 6) is -4.19. The lowest BCUT2D eigenvalue weighted by molar-refractivity contribution is -0.150. The van der Waals surface area contributed by atoms with Crippen molar-refractivity contribution < 1.29 is 19.8 Å². The van der Waals surface area contributed by atoms with Crippen LogP contribution in [0.15, 0.2) is 24.3 Å². The molecule has 0 bridgehead atoms. The summed E-state index contributed by atoms with van der Waals surface area (Å²) in [4.78, 5) is 22.1. The normalized spacial score (nSPS) is 11.5. The van der Waals surface area contributed by atoms with Crippen molar-refractivity contribution in [2.45, 2.75) is 32.1 Å². The van der Waals surface area contributed by atoms with Gasteiger partial charge in [0.1, 0.15) is 0 Å². The molecule has 0 radical (unpaired) electrons. The third kappa shape index (κ3) is 2.84. The van der Waals surface area contributed by atoms with Gasteiger partial charge in [0.15, 0.2) is 5.92 Å². The van der Waals surface area contributed by atoms with E-state index in [9.17, 15) is 9.59 Å². The van der Waals surface area contributed by atoms with Gasteiger partial charge in [-0.05, 0) is 16.5 Å². The highest BCUT2D eigenvalue weighted by molar-refractivity contribution is 5.99. The lowest BCUT2D eigenvalue weighted by Crippen LogP contribution is -2.25. The molecular weight excluding hydrogens is 220 g/mol. The van der Waals surface area contributed by atoms with Crippen LogP contribution in [0.2, 0.25) is 0 Å². The minimum Gasteiger partial charge on any atom is -0.480 e. The molecule has 1 aromatic carbocycles. The van der Waals surface area contributed by atoms with E-state index in [-0.39, 0.29) is 5.41 Å². The van der Waals surface area contributed by atoms with Crippen LogP contribution in [-0.2, 0) is 15.0 Å². The molecule has 1 rings (SSSR count). The molecule has 0 unspecified atom stereocenters. The average Bonchev–Trinajstić information content (AvgIpc) is 2.15. The van der Waals surface area contributed by atoms with E-state index in [1.807, 2.05) is 20.8 Å². The summed E-state index contributed by atoms with van der Waals surface area (Å²) in [5.41, 5.74) is 0.800. The van der Waals surface area contributed by atoms with Crippen molar-refractivity contribution in [2.24, 2.45) is 0 Å². The number of rotatable bonds is 3. The predicted molar refractivity (Wildman–Crippen MR) is 63.2 cm³/mol. The van der Waals surface area contributed by atoms with Gasteiger partial charge in [0.2, 0.25) is 0 Å². The van der Waals surface area contributed by atoms with Gasteiger partial charge in [-0.1, -0.05) is 45.0 Å². The van der Waals surface area contributed by atoms with E-state index in [4.69, 9.17) is 10.2 Å². The van der Waals surface area contributed by atoms with Crippen molar-refractivity contribution in [2.75, 3.05) is 0 Å². The Hall–Kier alpha value is -1.84. The van der Waals surface area contributed by atoms with Gasteiger partial charge in [0.05, 0.1) is 0 Å². The van der Waals surface area contributed by atoms with Crippen molar-refractivity contribution >= 4 is 11.9 Å². The fraction of sp³-hybridized carbons (Fsp3) is 0.385. The molecule has 1 aromatic rings. The second-order valence-corrected chi connectivity index (χ2v) is 4.95. The highest BCUT2D eigenvalue weighted by atomic mass is 16.4. The Morgan fingerprint density at radius 2 is 1.53 bits per heavy atom. The maximum Gasteiger partial charge on any atom is 0.322 e. The van der Waals surface area contributed by atoms with E-state index in [1.165, 1.54) is 0 Å². The van der Waals surface area contributed by atoms with Crippen LogP contribution in [0.3, 0.4) is 0 Å². The Labute approximate surface area is 99.9 Å². The number of benzene rings is 1. The average molecular weight is 236 g/mol. The summed E-state index contributed by atoms with van der Waals surface area (Å²) in [7, 11) is 0. The summed E-state index contributed by atoms with van der Waals surface area (Å²) in [6.45, 7) is 5.77. The molecule has 2 N–H and O–H groups in total. The van der Waals surface area contributed by atoms with E-state index in [1.54, 1.807) is 24.3 Å². The number of hydrogen-bond donors (Lipinski definition) is 2. The number of hydrogen-bond acceptors (Lipinski definition) is 2. The number of carbonyl (C=O) groups is 2. The van der Waals surface area contributed by atoms with Crippen LogP contribution in [0.25, 0.3) is 0 Å².